The molecule has 0 spiro atoms. The third-order valence-corrected chi connectivity index (χ3v) is 3.29. The number of hydrogen-bond acceptors (Lipinski definition) is 2. The van der Waals surface area contributed by atoms with Crippen molar-refractivity contribution < 1.29 is 9.90 Å². The molecule has 1 aromatic carbocycles. The highest BCUT2D eigenvalue weighted by molar-refractivity contribution is 5.31. The van der Waals surface area contributed by atoms with E-state index in [9.17, 15) is 5.11 Å². The maximum absolute atomic E-state index is 9.61. The first kappa shape index (κ1) is 17.7. The lowest BCUT2D eigenvalue weighted by Gasteiger charge is -2.04. The Morgan fingerprint density at radius 2 is 1.42 bits per heavy atom. The zero-order chi connectivity index (χ0) is 14.3. The second-order valence-corrected chi connectivity index (χ2v) is 4.85. The van der Waals surface area contributed by atoms with Gasteiger partial charge in [0, 0.05) is 0 Å². The van der Waals surface area contributed by atoms with Gasteiger partial charge in [0.2, 0.25) is 0 Å². The van der Waals surface area contributed by atoms with E-state index in [1.54, 1.807) is 6.07 Å². The van der Waals surface area contributed by atoms with Crippen molar-refractivity contribution in [1.82, 2.24) is 0 Å². The molecule has 0 saturated heterocycles. The van der Waals surface area contributed by atoms with Crippen molar-refractivity contribution in [3.63, 3.8) is 0 Å². The third kappa shape index (κ3) is 9.29. The van der Waals surface area contributed by atoms with Crippen LogP contribution < -0.4 is 0 Å². The van der Waals surface area contributed by atoms with Crippen molar-refractivity contribution in [3.05, 3.63) is 29.8 Å². The van der Waals surface area contributed by atoms with Crippen LogP contribution >= 0.6 is 0 Å². The SMILES string of the molecule is C=O.CCCCCCCCCCc1ccccc1O. The van der Waals surface area contributed by atoms with Gasteiger partial charge in [0.05, 0.1) is 0 Å². The monoisotopic (exact) mass is 264 g/mol. The van der Waals surface area contributed by atoms with E-state index in [2.05, 4.69) is 6.92 Å². The Morgan fingerprint density at radius 3 is 2.00 bits per heavy atom. The van der Waals surface area contributed by atoms with Crippen LogP contribution in [0.2, 0.25) is 0 Å². The number of para-hydroxylation sites is 1. The van der Waals surface area contributed by atoms with Crippen molar-refractivity contribution in [3.8, 4) is 5.75 Å². The number of carbonyl (C=O) groups excluding carboxylic acids is 1. The summed E-state index contributed by atoms with van der Waals surface area (Å²) in [4.78, 5) is 8.00. The molecule has 0 unspecified atom stereocenters. The molecule has 0 aliphatic rings. The van der Waals surface area contributed by atoms with Gasteiger partial charge in [-0.1, -0.05) is 70.1 Å². The zero-order valence-electron chi connectivity index (χ0n) is 12.2. The van der Waals surface area contributed by atoms with Crippen LogP contribution in [0.15, 0.2) is 24.3 Å². The quantitative estimate of drug-likeness (QED) is 0.645. The first-order chi connectivity index (χ1) is 9.34. The second-order valence-electron chi connectivity index (χ2n) is 4.85. The largest absolute Gasteiger partial charge is 0.508 e. The van der Waals surface area contributed by atoms with Gasteiger partial charge >= 0.3 is 0 Å². The van der Waals surface area contributed by atoms with Gasteiger partial charge in [-0.25, -0.2) is 0 Å². The van der Waals surface area contributed by atoms with Crippen LogP contribution in [-0.4, -0.2) is 11.9 Å². The maximum atomic E-state index is 9.61. The molecule has 1 N–H and O–H groups in total. The van der Waals surface area contributed by atoms with Crippen LogP contribution in [0.5, 0.6) is 5.75 Å². The molecule has 0 aromatic heterocycles. The van der Waals surface area contributed by atoms with Crippen LogP contribution in [0.4, 0.5) is 0 Å². The van der Waals surface area contributed by atoms with Gasteiger partial charge in [-0.3, -0.25) is 0 Å². The molecule has 1 rings (SSSR count). The number of unbranched alkanes of at least 4 members (excludes halogenated alkanes) is 7. The average Bonchev–Trinajstić information content (AvgIpc) is 2.46. The van der Waals surface area contributed by atoms with Crippen LogP contribution in [-0.2, 0) is 11.2 Å². The first-order valence-electron chi connectivity index (χ1n) is 7.40. The number of phenolic OH excluding ortho intramolecular Hbond substituents is 1. The molecule has 108 valence electrons. The smallest absolute Gasteiger partial charge is 0.118 e. The number of rotatable bonds is 9. The molecule has 0 aliphatic heterocycles. The van der Waals surface area contributed by atoms with Gasteiger partial charge in [-0.15, -0.1) is 0 Å². The zero-order valence-corrected chi connectivity index (χ0v) is 12.2. The molecular weight excluding hydrogens is 236 g/mol. The molecule has 0 atom stereocenters. The van der Waals surface area contributed by atoms with Crippen LogP contribution in [0.25, 0.3) is 0 Å². The number of benzene rings is 1. The summed E-state index contributed by atoms with van der Waals surface area (Å²) < 4.78 is 0. The van der Waals surface area contributed by atoms with E-state index in [1.807, 2.05) is 25.0 Å². The molecular formula is C17H28O2. The van der Waals surface area contributed by atoms with Crippen LogP contribution in [0, 0.1) is 0 Å². The predicted octanol–water partition coefficient (Wildman–Crippen LogP) is 4.89. The Hall–Kier alpha value is -1.31. The Balaban J connectivity index is 0.00000154. The topological polar surface area (TPSA) is 37.3 Å². The highest BCUT2D eigenvalue weighted by atomic mass is 16.3. The van der Waals surface area contributed by atoms with Crippen LogP contribution in [0.3, 0.4) is 0 Å². The molecule has 1 aromatic rings. The number of hydrogen-bond donors (Lipinski definition) is 1. The predicted molar refractivity (Wildman–Crippen MR) is 81.5 cm³/mol. The van der Waals surface area contributed by atoms with Gasteiger partial charge in [0.25, 0.3) is 0 Å². The molecule has 0 fully saturated rings. The van der Waals surface area contributed by atoms with Crippen LogP contribution in [0.1, 0.15) is 63.9 Å². The molecule has 0 heterocycles. The summed E-state index contributed by atoms with van der Waals surface area (Å²) in [7, 11) is 0. The van der Waals surface area contributed by atoms with E-state index < -0.39 is 0 Å². The molecule has 0 bridgehead atoms. The van der Waals surface area contributed by atoms with E-state index in [0.717, 1.165) is 12.0 Å². The fourth-order valence-corrected chi connectivity index (χ4v) is 2.17. The first-order valence-corrected chi connectivity index (χ1v) is 7.40. The van der Waals surface area contributed by atoms with E-state index in [4.69, 9.17) is 4.79 Å². The maximum Gasteiger partial charge on any atom is 0.118 e. The standard InChI is InChI=1S/C16H26O.CH2O/c1-2-3-4-5-6-7-8-9-12-15-13-10-11-14-16(15)17;1-2/h10-11,13-14,17H,2-9,12H2,1H3;1H2. The van der Waals surface area contributed by atoms with E-state index >= 15 is 0 Å². The number of phenols is 1. The normalized spacial score (nSPS) is 9.74. The van der Waals surface area contributed by atoms with Crippen molar-refractivity contribution in [2.45, 2.75) is 64.7 Å². The molecule has 0 saturated carbocycles. The fraction of sp³-hybridized carbons (Fsp3) is 0.588. The van der Waals surface area contributed by atoms with E-state index in [-0.39, 0.29) is 0 Å². The summed E-state index contributed by atoms with van der Waals surface area (Å²) in [6, 6.07) is 7.68. The summed E-state index contributed by atoms with van der Waals surface area (Å²) >= 11 is 0. The van der Waals surface area contributed by atoms with E-state index in [0.29, 0.717) is 5.75 Å². The molecule has 2 nitrogen and oxygen atoms in total. The lowest BCUT2D eigenvalue weighted by molar-refractivity contribution is -0.0979. The minimum atomic E-state index is 0.454. The Kier molecular flexibility index (Phi) is 12.2. The summed E-state index contributed by atoms with van der Waals surface area (Å²) in [5.41, 5.74) is 1.10. The highest BCUT2D eigenvalue weighted by Crippen LogP contribution is 2.18. The molecule has 0 aliphatic carbocycles. The number of carbonyl (C=O) groups is 1. The number of aryl methyl sites for hydroxylation is 1. The van der Waals surface area contributed by atoms with Crippen molar-refractivity contribution in [1.29, 1.82) is 0 Å². The van der Waals surface area contributed by atoms with Crippen molar-refractivity contribution in [2.24, 2.45) is 0 Å². The van der Waals surface area contributed by atoms with Crippen molar-refractivity contribution >= 4 is 6.79 Å². The minimum absolute atomic E-state index is 0.454. The lowest BCUT2D eigenvalue weighted by Crippen LogP contribution is -1.87. The Bertz CT molecular complexity index is 310. The average molecular weight is 264 g/mol. The van der Waals surface area contributed by atoms with Gasteiger partial charge in [-0.05, 0) is 24.5 Å². The van der Waals surface area contributed by atoms with Gasteiger partial charge in [0.15, 0.2) is 0 Å². The minimum Gasteiger partial charge on any atom is -0.508 e. The van der Waals surface area contributed by atoms with E-state index in [1.165, 1.54) is 51.4 Å². The van der Waals surface area contributed by atoms with Gasteiger partial charge < -0.3 is 9.90 Å². The van der Waals surface area contributed by atoms with Gasteiger partial charge in [0.1, 0.15) is 12.5 Å². The van der Waals surface area contributed by atoms with Gasteiger partial charge in [-0.2, -0.15) is 0 Å². The molecule has 19 heavy (non-hydrogen) atoms. The molecule has 0 radical (unpaired) electrons. The lowest BCUT2D eigenvalue weighted by atomic mass is 10.0. The van der Waals surface area contributed by atoms with Crippen molar-refractivity contribution in [2.75, 3.05) is 0 Å². The summed E-state index contributed by atoms with van der Waals surface area (Å²) in [5.74, 6) is 0.454. The second kappa shape index (κ2) is 13.1. The molecule has 2 heteroatoms. The summed E-state index contributed by atoms with van der Waals surface area (Å²) in [6.45, 7) is 4.26. The summed E-state index contributed by atoms with van der Waals surface area (Å²) in [5, 5.41) is 9.61. The summed E-state index contributed by atoms with van der Waals surface area (Å²) in [6.07, 6.45) is 11.7. The Labute approximate surface area is 117 Å². The number of aromatic hydroxyl groups is 1. The molecule has 0 amide bonds. The highest BCUT2D eigenvalue weighted by Gasteiger charge is 1.98. The fourth-order valence-electron chi connectivity index (χ4n) is 2.17. The third-order valence-electron chi connectivity index (χ3n) is 3.29. The Morgan fingerprint density at radius 1 is 0.895 bits per heavy atom.